The number of amides is 1. The van der Waals surface area contributed by atoms with E-state index in [1.54, 1.807) is 0 Å². The molecule has 3 nitrogen and oxygen atoms in total. The van der Waals surface area contributed by atoms with Crippen molar-refractivity contribution in [1.29, 1.82) is 0 Å². The van der Waals surface area contributed by atoms with Crippen LogP contribution in [0.1, 0.15) is 23.2 Å². The van der Waals surface area contributed by atoms with Crippen LogP contribution in [0.5, 0.6) is 0 Å². The zero-order chi connectivity index (χ0) is 13.1. The van der Waals surface area contributed by atoms with Gasteiger partial charge in [-0.05, 0) is 43.0 Å². The second kappa shape index (κ2) is 5.61. The molecule has 1 aliphatic carbocycles. The fourth-order valence-electron chi connectivity index (χ4n) is 1.83. The summed E-state index contributed by atoms with van der Waals surface area (Å²) in [4.78, 5) is 13.9. The van der Waals surface area contributed by atoms with Crippen molar-refractivity contribution in [2.45, 2.75) is 18.2 Å². The minimum absolute atomic E-state index is 0.0494. The van der Waals surface area contributed by atoms with Crippen LogP contribution in [-0.4, -0.2) is 31.9 Å². The molecular weight excluding hydrogens is 248 g/mol. The minimum Gasteiger partial charge on any atom is -0.378 e. The largest absolute Gasteiger partial charge is 0.378 e. The predicted octanol–water partition coefficient (Wildman–Crippen LogP) is 2.50. The first-order valence-electron chi connectivity index (χ1n) is 6.27. The van der Waals surface area contributed by atoms with E-state index in [4.69, 9.17) is 11.6 Å². The van der Waals surface area contributed by atoms with E-state index < -0.39 is 0 Å². The third kappa shape index (κ3) is 3.39. The summed E-state index contributed by atoms with van der Waals surface area (Å²) in [6, 6.07) is 7.55. The standard InChI is InChI=1S/C14H19ClN2O/c1-17(2)12-7-5-11(6-8-12)14(18)16-9-13(15)10-3-4-10/h5-8,10,13H,3-4,9H2,1-2H3,(H,16,18). The van der Waals surface area contributed by atoms with Crippen molar-refractivity contribution in [3.05, 3.63) is 29.8 Å². The molecule has 2 rings (SSSR count). The van der Waals surface area contributed by atoms with Gasteiger partial charge in [-0.2, -0.15) is 0 Å². The van der Waals surface area contributed by atoms with Crippen molar-refractivity contribution in [2.24, 2.45) is 5.92 Å². The number of carbonyl (C=O) groups excluding carboxylic acids is 1. The fourth-order valence-corrected chi connectivity index (χ4v) is 2.16. The van der Waals surface area contributed by atoms with Crippen LogP contribution in [0.4, 0.5) is 5.69 Å². The predicted molar refractivity (Wildman–Crippen MR) is 75.5 cm³/mol. The molecule has 1 aromatic rings. The lowest BCUT2D eigenvalue weighted by Gasteiger charge is -2.13. The van der Waals surface area contributed by atoms with Crippen LogP contribution < -0.4 is 10.2 Å². The summed E-state index contributed by atoms with van der Waals surface area (Å²) < 4.78 is 0. The maximum Gasteiger partial charge on any atom is 0.251 e. The van der Waals surface area contributed by atoms with Gasteiger partial charge in [0.15, 0.2) is 0 Å². The summed E-state index contributed by atoms with van der Waals surface area (Å²) in [6.07, 6.45) is 2.39. The number of rotatable bonds is 5. The fraction of sp³-hybridized carbons (Fsp3) is 0.500. The van der Waals surface area contributed by atoms with Gasteiger partial charge in [0, 0.05) is 31.9 Å². The Labute approximate surface area is 113 Å². The van der Waals surface area contributed by atoms with Crippen molar-refractivity contribution < 1.29 is 4.79 Å². The molecule has 1 unspecified atom stereocenters. The summed E-state index contributed by atoms with van der Waals surface area (Å²) in [6.45, 7) is 0.556. The molecule has 18 heavy (non-hydrogen) atoms. The molecule has 0 saturated heterocycles. The van der Waals surface area contributed by atoms with Crippen molar-refractivity contribution in [3.8, 4) is 0 Å². The quantitative estimate of drug-likeness (QED) is 0.831. The van der Waals surface area contributed by atoms with E-state index in [2.05, 4.69) is 5.32 Å². The Hall–Kier alpha value is -1.22. The number of alkyl halides is 1. The molecule has 1 saturated carbocycles. The van der Waals surface area contributed by atoms with Crippen LogP contribution in [0, 0.1) is 5.92 Å². The highest BCUT2D eigenvalue weighted by Crippen LogP contribution is 2.35. The van der Waals surface area contributed by atoms with Gasteiger partial charge in [0.2, 0.25) is 0 Å². The van der Waals surface area contributed by atoms with Crippen LogP contribution >= 0.6 is 11.6 Å². The van der Waals surface area contributed by atoms with Gasteiger partial charge in [0.05, 0.1) is 5.38 Å². The molecule has 1 atom stereocenters. The van der Waals surface area contributed by atoms with E-state index >= 15 is 0 Å². The van der Waals surface area contributed by atoms with E-state index in [0.29, 0.717) is 18.0 Å². The summed E-state index contributed by atoms with van der Waals surface area (Å²) >= 11 is 6.16. The molecule has 1 fully saturated rings. The van der Waals surface area contributed by atoms with E-state index in [-0.39, 0.29) is 11.3 Å². The second-order valence-corrected chi connectivity index (χ2v) is 5.57. The molecule has 1 aromatic carbocycles. The van der Waals surface area contributed by atoms with E-state index in [0.717, 1.165) is 5.69 Å². The molecule has 1 aliphatic rings. The maximum atomic E-state index is 11.9. The van der Waals surface area contributed by atoms with Gasteiger partial charge in [-0.15, -0.1) is 11.6 Å². The summed E-state index contributed by atoms with van der Waals surface area (Å²) in [5, 5.41) is 2.96. The monoisotopic (exact) mass is 266 g/mol. The molecule has 0 spiro atoms. The normalized spacial score (nSPS) is 16.2. The lowest BCUT2D eigenvalue weighted by Crippen LogP contribution is -2.30. The van der Waals surface area contributed by atoms with E-state index in [1.807, 2.05) is 43.3 Å². The summed E-state index contributed by atoms with van der Waals surface area (Å²) in [5.74, 6) is 0.551. The lowest BCUT2D eigenvalue weighted by atomic mass is 10.2. The number of nitrogens with one attached hydrogen (secondary N) is 1. The molecule has 0 aromatic heterocycles. The Kier molecular flexibility index (Phi) is 4.12. The first-order valence-corrected chi connectivity index (χ1v) is 6.71. The molecule has 0 radical (unpaired) electrons. The first-order chi connectivity index (χ1) is 8.58. The molecule has 1 amide bonds. The van der Waals surface area contributed by atoms with Crippen molar-refractivity contribution in [2.75, 3.05) is 25.5 Å². The number of hydrogen-bond donors (Lipinski definition) is 1. The molecule has 0 heterocycles. The van der Waals surface area contributed by atoms with E-state index in [1.165, 1.54) is 12.8 Å². The second-order valence-electron chi connectivity index (χ2n) is 5.00. The molecule has 4 heteroatoms. The average Bonchev–Trinajstić information content (AvgIpc) is 3.20. The Bertz CT molecular complexity index is 412. The Morgan fingerprint density at radius 2 is 2.00 bits per heavy atom. The van der Waals surface area contributed by atoms with Gasteiger partial charge in [-0.25, -0.2) is 0 Å². The number of halogens is 1. The van der Waals surface area contributed by atoms with Crippen LogP contribution in [0.3, 0.4) is 0 Å². The Morgan fingerprint density at radius 3 is 2.50 bits per heavy atom. The van der Waals surface area contributed by atoms with Crippen LogP contribution in [0.15, 0.2) is 24.3 Å². The van der Waals surface area contributed by atoms with Crippen LogP contribution in [0.25, 0.3) is 0 Å². The van der Waals surface area contributed by atoms with E-state index in [9.17, 15) is 4.79 Å². The zero-order valence-corrected chi connectivity index (χ0v) is 11.6. The van der Waals surface area contributed by atoms with Crippen molar-refractivity contribution in [1.82, 2.24) is 5.32 Å². The van der Waals surface area contributed by atoms with Gasteiger partial charge in [0.1, 0.15) is 0 Å². The number of carbonyl (C=O) groups is 1. The number of benzene rings is 1. The summed E-state index contributed by atoms with van der Waals surface area (Å²) in [5.41, 5.74) is 1.76. The third-order valence-electron chi connectivity index (χ3n) is 3.24. The number of anilines is 1. The first kappa shape index (κ1) is 13.2. The SMILES string of the molecule is CN(C)c1ccc(C(=O)NCC(Cl)C2CC2)cc1. The average molecular weight is 267 g/mol. The number of nitrogens with zero attached hydrogens (tertiary/aromatic N) is 1. The van der Waals surface area contributed by atoms with Crippen LogP contribution in [0.2, 0.25) is 0 Å². The molecule has 0 aliphatic heterocycles. The van der Waals surface area contributed by atoms with Gasteiger partial charge in [-0.1, -0.05) is 0 Å². The van der Waals surface area contributed by atoms with Gasteiger partial charge in [-0.3, -0.25) is 4.79 Å². The highest BCUT2D eigenvalue weighted by atomic mass is 35.5. The molecular formula is C14H19ClN2O. The van der Waals surface area contributed by atoms with Gasteiger partial charge in [0.25, 0.3) is 5.91 Å². The van der Waals surface area contributed by atoms with Crippen LogP contribution in [-0.2, 0) is 0 Å². The zero-order valence-electron chi connectivity index (χ0n) is 10.8. The third-order valence-corrected chi connectivity index (χ3v) is 3.75. The minimum atomic E-state index is -0.0494. The van der Waals surface area contributed by atoms with Crippen molar-refractivity contribution in [3.63, 3.8) is 0 Å². The highest BCUT2D eigenvalue weighted by molar-refractivity contribution is 6.21. The molecule has 0 bridgehead atoms. The maximum absolute atomic E-state index is 11.9. The summed E-state index contributed by atoms with van der Waals surface area (Å²) in [7, 11) is 3.95. The van der Waals surface area contributed by atoms with Gasteiger partial charge >= 0.3 is 0 Å². The highest BCUT2D eigenvalue weighted by Gasteiger charge is 2.29. The van der Waals surface area contributed by atoms with Crippen molar-refractivity contribution >= 4 is 23.2 Å². The molecule has 98 valence electrons. The Morgan fingerprint density at radius 1 is 1.39 bits per heavy atom. The smallest absolute Gasteiger partial charge is 0.251 e. The lowest BCUT2D eigenvalue weighted by molar-refractivity contribution is 0.0953. The molecule has 1 N–H and O–H groups in total. The number of hydrogen-bond acceptors (Lipinski definition) is 2. The Balaban J connectivity index is 1.87. The van der Waals surface area contributed by atoms with Gasteiger partial charge < -0.3 is 10.2 Å². The topological polar surface area (TPSA) is 32.3 Å².